The first-order chi connectivity index (χ1) is 7.67. The molecule has 1 fully saturated rings. The van der Waals surface area contributed by atoms with Crippen LogP contribution in [0.1, 0.15) is 46.5 Å². The highest BCUT2D eigenvalue weighted by Crippen LogP contribution is 2.29. The zero-order chi connectivity index (χ0) is 12.0. The van der Waals surface area contributed by atoms with E-state index in [-0.39, 0.29) is 5.91 Å². The fraction of sp³-hybridized carbons (Fsp3) is 0.923. The first kappa shape index (κ1) is 13.5. The average Bonchev–Trinajstić information content (AvgIpc) is 3.08. The molecule has 1 aliphatic carbocycles. The van der Waals surface area contributed by atoms with Gasteiger partial charge < -0.3 is 10.2 Å². The number of carbonyl (C=O) groups is 1. The minimum atomic E-state index is 0.272. The van der Waals surface area contributed by atoms with Gasteiger partial charge in [-0.2, -0.15) is 0 Å². The molecule has 1 saturated carbocycles. The van der Waals surface area contributed by atoms with Crippen LogP contribution in [0.25, 0.3) is 0 Å². The molecule has 3 nitrogen and oxygen atoms in total. The topological polar surface area (TPSA) is 32.3 Å². The summed E-state index contributed by atoms with van der Waals surface area (Å²) >= 11 is 0. The first-order valence-corrected chi connectivity index (χ1v) is 6.68. The molecular weight excluding hydrogens is 200 g/mol. The van der Waals surface area contributed by atoms with Crippen LogP contribution >= 0.6 is 0 Å². The highest BCUT2D eigenvalue weighted by atomic mass is 16.2. The second kappa shape index (κ2) is 6.89. The Morgan fingerprint density at radius 1 is 1.44 bits per heavy atom. The Morgan fingerprint density at radius 3 is 2.62 bits per heavy atom. The monoisotopic (exact) mass is 226 g/mol. The Labute approximate surface area is 99.6 Å². The van der Waals surface area contributed by atoms with Crippen molar-refractivity contribution in [3.05, 3.63) is 0 Å². The Kier molecular flexibility index (Phi) is 5.81. The van der Waals surface area contributed by atoms with Gasteiger partial charge in [0.25, 0.3) is 0 Å². The van der Waals surface area contributed by atoms with E-state index in [0.717, 1.165) is 31.8 Å². The number of hydrogen-bond donors (Lipinski definition) is 1. The molecule has 0 aromatic heterocycles. The van der Waals surface area contributed by atoms with Crippen molar-refractivity contribution in [1.29, 1.82) is 0 Å². The molecule has 0 aromatic rings. The van der Waals surface area contributed by atoms with Crippen molar-refractivity contribution >= 4 is 5.91 Å². The summed E-state index contributed by atoms with van der Waals surface area (Å²) in [6.45, 7) is 8.79. The minimum absolute atomic E-state index is 0.272. The van der Waals surface area contributed by atoms with Crippen LogP contribution in [-0.2, 0) is 4.79 Å². The van der Waals surface area contributed by atoms with Crippen LogP contribution in [0.2, 0.25) is 0 Å². The van der Waals surface area contributed by atoms with Crippen molar-refractivity contribution in [1.82, 2.24) is 10.2 Å². The van der Waals surface area contributed by atoms with Gasteiger partial charge in [-0.3, -0.25) is 4.79 Å². The van der Waals surface area contributed by atoms with E-state index in [9.17, 15) is 4.79 Å². The van der Waals surface area contributed by atoms with Crippen molar-refractivity contribution in [2.75, 3.05) is 19.6 Å². The largest absolute Gasteiger partial charge is 0.341 e. The molecule has 16 heavy (non-hydrogen) atoms. The molecule has 0 aliphatic heterocycles. The van der Waals surface area contributed by atoms with Gasteiger partial charge in [0, 0.05) is 19.1 Å². The summed E-state index contributed by atoms with van der Waals surface area (Å²) in [5.74, 6) is 1.06. The number of nitrogens with one attached hydrogen (secondary N) is 1. The standard InChI is InChI=1S/C13H26N2O/c1-4-8-15(10-12-6-7-12)13(16)9-14-11(3)5-2/h11-12,14H,4-10H2,1-3H3. The maximum Gasteiger partial charge on any atom is 0.236 e. The van der Waals surface area contributed by atoms with Crippen LogP contribution in [0.5, 0.6) is 0 Å². The quantitative estimate of drug-likeness (QED) is 0.687. The highest BCUT2D eigenvalue weighted by Gasteiger charge is 2.26. The molecule has 3 heteroatoms. The minimum Gasteiger partial charge on any atom is -0.341 e. The third-order valence-corrected chi connectivity index (χ3v) is 3.24. The van der Waals surface area contributed by atoms with Crippen LogP contribution in [0, 0.1) is 5.92 Å². The molecule has 1 aliphatic rings. The molecule has 1 unspecified atom stereocenters. The van der Waals surface area contributed by atoms with E-state index < -0.39 is 0 Å². The van der Waals surface area contributed by atoms with Gasteiger partial charge in [-0.15, -0.1) is 0 Å². The van der Waals surface area contributed by atoms with Crippen molar-refractivity contribution in [2.24, 2.45) is 5.92 Å². The number of amides is 1. The molecule has 1 rings (SSSR count). The van der Waals surface area contributed by atoms with Crippen molar-refractivity contribution in [3.63, 3.8) is 0 Å². The fourth-order valence-electron chi connectivity index (χ4n) is 1.72. The van der Waals surface area contributed by atoms with Gasteiger partial charge in [0.2, 0.25) is 5.91 Å². The first-order valence-electron chi connectivity index (χ1n) is 6.68. The molecule has 1 atom stereocenters. The van der Waals surface area contributed by atoms with Crippen LogP contribution in [0.3, 0.4) is 0 Å². The molecule has 94 valence electrons. The molecular formula is C13H26N2O. The lowest BCUT2D eigenvalue weighted by Crippen LogP contribution is -2.42. The van der Waals surface area contributed by atoms with Crippen LogP contribution in [0.15, 0.2) is 0 Å². The lowest BCUT2D eigenvalue weighted by molar-refractivity contribution is -0.130. The van der Waals surface area contributed by atoms with Gasteiger partial charge in [0.1, 0.15) is 0 Å². The predicted molar refractivity (Wildman–Crippen MR) is 67.4 cm³/mol. The smallest absolute Gasteiger partial charge is 0.236 e. The SMILES string of the molecule is CCCN(CC1CC1)C(=O)CNC(C)CC. The van der Waals surface area contributed by atoms with Crippen molar-refractivity contribution < 1.29 is 4.79 Å². The zero-order valence-electron chi connectivity index (χ0n) is 11.0. The summed E-state index contributed by atoms with van der Waals surface area (Å²) in [5, 5.41) is 3.27. The van der Waals surface area contributed by atoms with E-state index in [2.05, 4.69) is 26.1 Å². The average molecular weight is 226 g/mol. The molecule has 1 amide bonds. The Bertz CT molecular complexity index is 214. The summed E-state index contributed by atoms with van der Waals surface area (Å²) in [5.41, 5.74) is 0. The van der Waals surface area contributed by atoms with Gasteiger partial charge in [-0.1, -0.05) is 13.8 Å². The fourth-order valence-corrected chi connectivity index (χ4v) is 1.72. The second-order valence-electron chi connectivity index (χ2n) is 4.97. The molecule has 0 saturated heterocycles. The van der Waals surface area contributed by atoms with Crippen LogP contribution < -0.4 is 5.32 Å². The van der Waals surface area contributed by atoms with Gasteiger partial charge >= 0.3 is 0 Å². The lowest BCUT2D eigenvalue weighted by atomic mass is 10.2. The summed E-state index contributed by atoms with van der Waals surface area (Å²) in [6, 6.07) is 0.438. The molecule has 0 bridgehead atoms. The van der Waals surface area contributed by atoms with Gasteiger partial charge in [-0.05, 0) is 38.5 Å². The molecule has 0 aromatic carbocycles. The third-order valence-electron chi connectivity index (χ3n) is 3.24. The number of hydrogen-bond acceptors (Lipinski definition) is 2. The van der Waals surface area contributed by atoms with E-state index in [1.807, 2.05) is 4.90 Å². The molecule has 0 radical (unpaired) electrons. The van der Waals surface area contributed by atoms with E-state index in [1.54, 1.807) is 0 Å². The van der Waals surface area contributed by atoms with Gasteiger partial charge in [0.05, 0.1) is 6.54 Å². The Morgan fingerprint density at radius 2 is 2.12 bits per heavy atom. The molecule has 0 spiro atoms. The van der Waals surface area contributed by atoms with Crippen molar-refractivity contribution in [3.8, 4) is 0 Å². The Balaban J connectivity index is 2.27. The summed E-state index contributed by atoms with van der Waals surface area (Å²) in [4.78, 5) is 14.0. The van der Waals surface area contributed by atoms with E-state index in [0.29, 0.717) is 12.6 Å². The maximum atomic E-state index is 12.0. The van der Waals surface area contributed by atoms with Crippen LogP contribution in [-0.4, -0.2) is 36.5 Å². The summed E-state index contributed by atoms with van der Waals surface area (Å²) in [6.07, 6.45) is 4.75. The normalized spacial score (nSPS) is 17.2. The van der Waals surface area contributed by atoms with Crippen molar-refractivity contribution in [2.45, 2.75) is 52.5 Å². The lowest BCUT2D eigenvalue weighted by Gasteiger charge is -2.23. The third kappa shape index (κ3) is 4.97. The molecule has 1 N–H and O–H groups in total. The predicted octanol–water partition coefficient (Wildman–Crippen LogP) is 2.02. The maximum absolute atomic E-state index is 12.0. The summed E-state index contributed by atoms with van der Waals surface area (Å²) < 4.78 is 0. The van der Waals surface area contributed by atoms with E-state index >= 15 is 0 Å². The number of nitrogens with zero attached hydrogens (tertiary/aromatic N) is 1. The van der Waals surface area contributed by atoms with Crippen LogP contribution in [0.4, 0.5) is 0 Å². The van der Waals surface area contributed by atoms with E-state index in [4.69, 9.17) is 0 Å². The van der Waals surface area contributed by atoms with Gasteiger partial charge in [0.15, 0.2) is 0 Å². The number of rotatable bonds is 8. The highest BCUT2D eigenvalue weighted by molar-refractivity contribution is 5.78. The van der Waals surface area contributed by atoms with E-state index in [1.165, 1.54) is 12.8 Å². The Hall–Kier alpha value is -0.570. The number of carbonyl (C=O) groups excluding carboxylic acids is 1. The zero-order valence-corrected chi connectivity index (χ0v) is 11.0. The molecule has 0 heterocycles. The summed E-state index contributed by atoms with van der Waals surface area (Å²) in [7, 11) is 0. The van der Waals surface area contributed by atoms with Gasteiger partial charge in [-0.25, -0.2) is 0 Å². The second-order valence-corrected chi connectivity index (χ2v) is 4.97.